The first-order chi connectivity index (χ1) is 14.5. The summed E-state index contributed by atoms with van der Waals surface area (Å²) >= 11 is 0. The number of aliphatic hydroxyl groups excluding tert-OH is 1. The summed E-state index contributed by atoms with van der Waals surface area (Å²) in [7, 11) is 0. The zero-order valence-electron chi connectivity index (χ0n) is 21.8. The molecule has 0 aromatic carbocycles. The van der Waals surface area contributed by atoms with E-state index >= 15 is 0 Å². The third kappa shape index (κ3) is 3.50. The molecule has 0 spiro atoms. The molecule has 1 heteroatoms. The van der Waals surface area contributed by atoms with Crippen molar-refractivity contribution in [2.45, 2.75) is 119 Å². The molecule has 0 bridgehead atoms. The molecule has 4 saturated carbocycles. The first-order valence-electron chi connectivity index (χ1n) is 13.8. The van der Waals surface area contributed by atoms with E-state index in [0.29, 0.717) is 22.2 Å². The van der Waals surface area contributed by atoms with Gasteiger partial charge in [0.05, 0.1) is 6.10 Å². The molecule has 0 heterocycles. The maximum Gasteiger partial charge on any atom is 0.0568 e. The quantitative estimate of drug-likeness (QED) is 0.437. The highest BCUT2D eigenvalue weighted by Gasteiger charge is 2.66. The molecule has 10 atom stereocenters. The van der Waals surface area contributed by atoms with Crippen molar-refractivity contribution in [3.8, 4) is 0 Å². The molecular weight excluding hydrogens is 376 g/mol. The van der Waals surface area contributed by atoms with Crippen molar-refractivity contribution in [3.63, 3.8) is 0 Å². The van der Waals surface area contributed by atoms with Gasteiger partial charge in [-0.15, -0.1) is 0 Å². The van der Waals surface area contributed by atoms with E-state index in [9.17, 15) is 5.11 Å². The van der Waals surface area contributed by atoms with Crippen LogP contribution >= 0.6 is 0 Å². The predicted molar refractivity (Wildman–Crippen MR) is 133 cm³/mol. The van der Waals surface area contributed by atoms with E-state index < -0.39 is 0 Å². The molecule has 4 aliphatic carbocycles. The maximum atomic E-state index is 10.6. The highest BCUT2D eigenvalue weighted by Crippen LogP contribution is 2.73. The summed E-state index contributed by atoms with van der Waals surface area (Å²) in [6.45, 7) is 22.2. The van der Waals surface area contributed by atoms with Crippen LogP contribution in [0.4, 0.5) is 0 Å². The Morgan fingerprint density at radius 3 is 2.19 bits per heavy atom. The predicted octanol–water partition coefficient (Wildman–Crippen LogP) is 8.27. The Balaban J connectivity index is 1.54. The Bertz CT molecular complexity index is 680. The van der Waals surface area contributed by atoms with Gasteiger partial charge in [0.2, 0.25) is 0 Å². The summed E-state index contributed by atoms with van der Waals surface area (Å²) in [5.41, 5.74) is 2.94. The number of aliphatic hydroxyl groups is 1. The van der Waals surface area contributed by atoms with Crippen LogP contribution in [0.3, 0.4) is 0 Å². The minimum Gasteiger partial charge on any atom is -0.393 e. The second kappa shape index (κ2) is 8.18. The van der Waals surface area contributed by atoms with E-state index in [-0.39, 0.29) is 6.10 Å². The van der Waals surface area contributed by atoms with Gasteiger partial charge in [-0.25, -0.2) is 0 Å². The lowest BCUT2D eigenvalue weighted by Gasteiger charge is -2.65. The van der Waals surface area contributed by atoms with Gasteiger partial charge in [-0.3, -0.25) is 0 Å². The van der Waals surface area contributed by atoms with Crippen LogP contribution in [0.15, 0.2) is 12.2 Å². The fraction of sp³-hybridized carbons (Fsp3) is 0.933. The maximum absolute atomic E-state index is 10.6. The lowest BCUT2D eigenvalue weighted by Crippen LogP contribution is -2.59. The van der Waals surface area contributed by atoms with Crippen LogP contribution in [0.25, 0.3) is 0 Å². The van der Waals surface area contributed by atoms with Crippen molar-refractivity contribution in [2.75, 3.05) is 0 Å². The molecular formula is C30H52O. The Labute approximate surface area is 193 Å². The van der Waals surface area contributed by atoms with Crippen molar-refractivity contribution in [2.24, 2.45) is 57.7 Å². The van der Waals surface area contributed by atoms with Crippen LogP contribution in [0.5, 0.6) is 0 Å². The first-order valence-corrected chi connectivity index (χ1v) is 13.8. The van der Waals surface area contributed by atoms with Gasteiger partial charge in [0.1, 0.15) is 0 Å². The van der Waals surface area contributed by atoms with E-state index in [1.54, 1.807) is 5.57 Å². The Hall–Kier alpha value is -0.300. The molecule has 0 aromatic rings. The summed E-state index contributed by atoms with van der Waals surface area (Å²) in [6.07, 6.45) is 13.1. The number of allylic oxidation sites excluding steroid dienone is 1. The topological polar surface area (TPSA) is 20.2 Å². The van der Waals surface area contributed by atoms with Crippen LogP contribution in [-0.2, 0) is 0 Å². The fourth-order valence-electron chi connectivity index (χ4n) is 9.69. The molecule has 0 saturated heterocycles. The molecule has 0 aromatic heterocycles. The smallest absolute Gasteiger partial charge is 0.0568 e. The largest absolute Gasteiger partial charge is 0.393 e. The second-order valence-corrected chi connectivity index (χ2v) is 13.8. The summed E-state index contributed by atoms with van der Waals surface area (Å²) < 4.78 is 0. The SMILES string of the molecule is C=C(CCC(C)C(C)C)[C@H]1CC[C@@]2(C)[C@@H]3CC[C@H]4[C@H](C)[C@@H](O)CC[C@]4(C)[C@H]3CC[C@]12C. The minimum atomic E-state index is -0.0634. The van der Waals surface area contributed by atoms with E-state index in [1.807, 2.05) is 0 Å². The van der Waals surface area contributed by atoms with Crippen LogP contribution in [0, 0.1) is 57.7 Å². The van der Waals surface area contributed by atoms with Gasteiger partial charge in [-0.2, -0.15) is 0 Å². The molecule has 0 aliphatic heterocycles. The van der Waals surface area contributed by atoms with Crippen molar-refractivity contribution in [1.82, 2.24) is 0 Å². The molecule has 31 heavy (non-hydrogen) atoms. The molecule has 178 valence electrons. The summed E-state index contributed by atoms with van der Waals surface area (Å²) in [6, 6.07) is 0. The minimum absolute atomic E-state index is 0.0634. The number of hydrogen-bond donors (Lipinski definition) is 1. The highest BCUT2D eigenvalue weighted by molar-refractivity contribution is 5.20. The average molecular weight is 429 g/mol. The van der Waals surface area contributed by atoms with E-state index in [4.69, 9.17) is 6.58 Å². The van der Waals surface area contributed by atoms with Crippen molar-refractivity contribution in [1.29, 1.82) is 0 Å². The number of fused-ring (bicyclic) bond motifs is 5. The summed E-state index contributed by atoms with van der Waals surface area (Å²) in [4.78, 5) is 0. The van der Waals surface area contributed by atoms with Gasteiger partial charge in [-0.1, -0.05) is 60.6 Å². The van der Waals surface area contributed by atoms with E-state index in [1.165, 1.54) is 57.8 Å². The molecule has 0 amide bonds. The Kier molecular flexibility index (Phi) is 6.29. The highest BCUT2D eigenvalue weighted by atomic mass is 16.3. The molecule has 0 radical (unpaired) electrons. The van der Waals surface area contributed by atoms with Crippen LogP contribution in [-0.4, -0.2) is 11.2 Å². The van der Waals surface area contributed by atoms with E-state index in [2.05, 4.69) is 48.5 Å². The van der Waals surface area contributed by atoms with Gasteiger partial charge < -0.3 is 5.11 Å². The zero-order valence-corrected chi connectivity index (χ0v) is 21.8. The molecule has 4 aliphatic rings. The summed E-state index contributed by atoms with van der Waals surface area (Å²) in [5.74, 6) is 5.27. The molecule has 1 N–H and O–H groups in total. The number of hydrogen-bond acceptors (Lipinski definition) is 1. The lowest BCUT2D eigenvalue weighted by atomic mass is 9.39. The molecule has 4 fully saturated rings. The normalized spacial score (nSPS) is 50.5. The fourth-order valence-corrected chi connectivity index (χ4v) is 9.69. The number of rotatable bonds is 5. The van der Waals surface area contributed by atoms with Crippen molar-refractivity contribution in [3.05, 3.63) is 12.2 Å². The average Bonchev–Trinajstić information content (AvgIpc) is 3.00. The first kappa shape index (κ1) is 23.8. The summed E-state index contributed by atoms with van der Waals surface area (Å²) in [5, 5.41) is 10.6. The van der Waals surface area contributed by atoms with Crippen LogP contribution in [0.2, 0.25) is 0 Å². The van der Waals surface area contributed by atoms with Gasteiger partial charge in [-0.05, 0) is 122 Å². The van der Waals surface area contributed by atoms with Crippen LogP contribution < -0.4 is 0 Å². The van der Waals surface area contributed by atoms with Crippen molar-refractivity contribution >= 4 is 0 Å². The third-order valence-electron chi connectivity index (χ3n) is 12.6. The standard InChI is InChI=1S/C30H52O/c1-19(2)20(3)9-10-21(4)23-13-17-30(8)26-12-11-24-22(5)27(31)15-16-28(24,6)25(26)14-18-29(23,30)7/h19-20,22-27,31H,4,9-18H2,1-3,5-8H3/t20?,22-,23+,24-,25-,26+,27-,28-,29+,30-/m0/s1. The van der Waals surface area contributed by atoms with E-state index in [0.717, 1.165) is 41.9 Å². The zero-order chi connectivity index (χ0) is 22.8. The molecule has 1 unspecified atom stereocenters. The van der Waals surface area contributed by atoms with Crippen molar-refractivity contribution < 1.29 is 5.11 Å². The second-order valence-electron chi connectivity index (χ2n) is 13.8. The lowest BCUT2D eigenvalue weighted by molar-refractivity contribution is -0.174. The van der Waals surface area contributed by atoms with Gasteiger partial charge in [0.25, 0.3) is 0 Å². The third-order valence-corrected chi connectivity index (χ3v) is 12.6. The molecule has 1 nitrogen and oxygen atoms in total. The Morgan fingerprint density at radius 2 is 1.52 bits per heavy atom. The van der Waals surface area contributed by atoms with Crippen LogP contribution in [0.1, 0.15) is 113 Å². The van der Waals surface area contributed by atoms with Gasteiger partial charge in [0.15, 0.2) is 0 Å². The van der Waals surface area contributed by atoms with Gasteiger partial charge >= 0.3 is 0 Å². The Morgan fingerprint density at radius 1 is 0.871 bits per heavy atom. The monoisotopic (exact) mass is 428 g/mol. The molecule has 4 rings (SSSR count). The van der Waals surface area contributed by atoms with Gasteiger partial charge in [0, 0.05) is 0 Å².